The Morgan fingerprint density at radius 2 is 1.88 bits per heavy atom. The maximum Gasteiger partial charge on any atom is 0.273 e. The van der Waals surface area contributed by atoms with Gasteiger partial charge in [-0.1, -0.05) is 0 Å². The molecule has 0 saturated heterocycles. The second-order valence-corrected chi connectivity index (χ2v) is 5.72. The second-order valence-electron chi connectivity index (χ2n) is 3.60. The normalized spacial score (nSPS) is 11.8. The van der Waals surface area contributed by atoms with Crippen molar-refractivity contribution >= 4 is 15.7 Å². The van der Waals surface area contributed by atoms with Crippen molar-refractivity contribution in [3.63, 3.8) is 0 Å². The molecule has 0 unspecified atom stereocenters. The summed E-state index contributed by atoms with van der Waals surface area (Å²) in [5.74, 6) is -0.917. The molecule has 0 aliphatic carbocycles. The molecule has 1 aromatic rings. The van der Waals surface area contributed by atoms with Gasteiger partial charge in [0.05, 0.1) is 15.9 Å². The molecule has 94 valence electrons. The van der Waals surface area contributed by atoms with Gasteiger partial charge in [0.1, 0.15) is 5.82 Å². The van der Waals surface area contributed by atoms with Gasteiger partial charge in [-0.3, -0.25) is 10.1 Å². The number of rotatable bonds is 3. The highest BCUT2D eigenvalue weighted by atomic mass is 32.2. The predicted molar refractivity (Wildman–Crippen MR) is 58.7 cm³/mol. The number of halogens is 1. The van der Waals surface area contributed by atoms with Crippen molar-refractivity contribution in [2.24, 2.45) is 0 Å². The van der Waals surface area contributed by atoms with E-state index in [2.05, 4.69) is 0 Å². The smallest absolute Gasteiger partial charge is 0.258 e. The number of nitrogens with zero attached hydrogens (tertiary/aromatic N) is 2. The molecule has 17 heavy (non-hydrogen) atoms. The molecule has 0 atom stereocenters. The molecule has 0 spiro atoms. The van der Waals surface area contributed by atoms with Crippen LogP contribution in [0.5, 0.6) is 0 Å². The summed E-state index contributed by atoms with van der Waals surface area (Å²) < 4.78 is 37.9. The van der Waals surface area contributed by atoms with Crippen molar-refractivity contribution in [2.75, 3.05) is 14.1 Å². The van der Waals surface area contributed by atoms with Gasteiger partial charge in [0.15, 0.2) is 0 Å². The van der Waals surface area contributed by atoms with Gasteiger partial charge in [-0.15, -0.1) is 0 Å². The quantitative estimate of drug-likeness (QED) is 0.607. The van der Waals surface area contributed by atoms with E-state index >= 15 is 0 Å². The maximum absolute atomic E-state index is 13.4. The maximum atomic E-state index is 13.4. The van der Waals surface area contributed by atoms with Crippen LogP contribution < -0.4 is 0 Å². The van der Waals surface area contributed by atoms with Crippen LogP contribution in [-0.2, 0) is 10.0 Å². The number of sulfonamides is 1. The summed E-state index contributed by atoms with van der Waals surface area (Å²) in [6.07, 6.45) is 0. The van der Waals surface area contributed by atoms with E-state index in [9.17, 15) is 22.9 Å². The zero-order chi connectivity index (χ0) is 13.4. The number of nitro benzene ring substituents is 1. The molecule has 0 aliphatic rings. The minimum Gasteiger partial charge on any atom is -0.258 e. The molecule has 0 fully saturated rings. The second kappa shape index (κ2) is 4.38. The van der Waals surface area contributed by atoms with Crippen LogP contribution in [-0.4, -0.2) is 31.7 Å². The molecule has 0 amide bonds. The fourth-order valence-electron chi connectivity index (χ4n) is 1.21. The topological polar surface area (TPSA) is 80.5 Å². The average Bonchev–Trinajstić information content (AvgIpc) is 2.20. The summed E-state index contributed by atoms with van der Waals surface area (Å²) in [6.45, 7) is 1.26. The van der Waals surface area contributed by atoms with E-state index in [-0.39, 0.29) is 5.56 Å². The zero-order valence-electron chi connectivity index (χ0n) is 9.47. The average molecular weight is 262 g/mol. The Hall–Kier alpha value is -1.54. The van der Waals surface area contributed by atoms with Gasteiger partial charge in [0.2, 0.25) is 10.0 Å². The van der Waals surface area contributed by atoms with Gasteiger partial charge >= 0.3 is 0 Å². The number of hydrogen-bond acceptors (Lipinski definition) is 4. The first-order chi connectivity index (χ1) is 7.67. The Labute approximate surface area is 97.9 Å². The standard InChI is InChI=1S/C9H11FN2O4S/c1-6-8(10)4-7(12(13)14)5-9(6)17(15,16)11(2)3/h4-5H,1-3H3. The molecule has 0 radical (unpaired) electrons. The molecule has 0 bridgehead atoms. The fourth-order valence-corrected chi connectivity index (χ4v) is 2.36. The third kappa shape index (κ3) is 2.42. The van der Waals surface area contributed by atoms with Crippen molar-refractivity contribution < 1.29 is 17.7 Å². The predicted octanol–water partition coefficient (Wildman–Crippen LogP) is 1.29. The highest BCUT2D eigenvalue weighted by molar-refractivity contribution is 7.89. The van der Waals surface area contributed by atoms with E-state index in [1.807, 2.05) is 0 Å². The van der Waals surface area contributed by atoms with Gasteiger partial charge in [-0.2, -0.15) is 0 Å². The van der Waals surface area contributed by atoms with Crippen molar-refractivity contribution in [1.29, 1.82) is 0 Å². The monoisotopic (exact) mass is 262 g/mol. The first-order valence-corrected chi connectivity index (χ1v) is 5.99. The number of non-ortho nitro benzene ring substituents is 1. The SMILES string of the molecule is Cc1c(F)cc([N+](=O)[O-])cc1S(=O)(=O)N(C)C. The van der Waals surface area contributed by atoms with E-state index in [1.165, 1.54) is 21.0 Å². The third-order valence-electron chi connectivity index (χ3n) is 2.25. The lowest BCUT2D eigenvalue weighted by Gasteiger charge is -2.13. The lowest BCUT2D eigenvalue weighted by molar-refractivity contribution is -0.385. The van der Waals surface area contributed by atoms with E-state index in [4.69, 9.17) is 0 Å². The Morgan fingerprint density at radius 1 is 1.35 bits per heavy atom. The summed E-state index contributed by atoms with van der Waals surface area (Å²) >= 11 is 0. The first-order valence-electron chi connectivity index (χ1n) is 4.55. The Bertz CT molecular complexity index is 569. The van der Waals surface area contributed by atoms with Crippen LogP contribution in [0.15, 0.2) is 17.0 Å². The fraction of sp³-hybridized carbons (Fsp3) is 0.333. The molecule has 1 aromatic carbocycles. The number of benzene rings is 1. The van der Waals surface area contributed by atoms with E-state index < -0.39 is 31.3 Å². The van der Waals surface area contributed by atoms with Crippen LogP contribution in [0.2, 0.25) is 0 Å². The third-order valence-corrected chi connectivity index (χ3v) is 4.19. The first kappa shape index (κ1) is 13.5. The molecular formula is C9H11FN2O4S. The van der Waals surface area contributed by atoms with Gasteiger partial charge < -0.3 is 0 Å². The molecule has 6 nitrogen and oxygen atoms in total. The van der Waals surface area contributed by atoms with Crippen LogP contribution in [0.4, 0.5) is 10.1 Å². The van der Waals surface area contributed by atoms with Gasteiger partial charge in [-0.05, 0) is 6.92 Å². The van der Waals surface area contributed by atoms with Crippen LogP contribution >= 0.6 is 0 Å². The minimum absolute atomic E-state index is 0.135. The lowest BCUT2D eigenvalue weighted by atomic mass is 10.2. The lowest BCUT2D eigenvalue weighted by Crippen LogP contribution is -2.23. The van der Waals surface area contributed by atoms with E-state index in [0.717, 1.165) is 10.4 Å². The van der Waals surface area contributed by atoms with Crippen LogP contribution in [0.1, 0.15) is 5.56 Å². The van der Waals surface area contributed by atoms with Crippen LogP contribution in [0.25, 0.3) is 0 Å². The van der Waals surface area contributed by atoms with Crippen molar-refractivity contribution in [3.05, 3.63) is 33.6 Å². The van der Waals surface area contributed by atoms with Crippen LogP contribution in [0.3, 0.4) is 0 Å². The van der Waals surface area contributed by atoms with Gasteiger partial charge in [-0.25, -0.2) is 17.1 Å². The summed E-state index contributed by atoms with van der Waals surface area (Å²) in [5.41, 5.74) is -0.724. The molecule has 8 heteroatoms. The highest BCUT2D eigenvalue weighted by Crippen LogP contribution is 2.26. The Morgan fingerprint density at radius 3 is 2.29 bits per heavy atom. The molecule has 0 heterocycles. The molecular weight excluding hydrogens is 251 g/mol. The molecule has 0 saturated carbocycles. The molecule has 1 rings (SSSR count). The largest absolute Gasteiger partial charge is 0.273 e. The molecule has 0 aromatic heterocycles. The van der Waals surface area contributed by atoms with Gasteiger partial charge in [0, 0.05) is 25.7 Å². The Kier molecular flexibility index (Phi) is 3.48. The van der Waals surface area contributed by atoms with Gasteiger partial charge in [0.25, 0.3) is 5.69 Å². The minimum atomic E-state index is -3.90. The summed E-state index contributed by atoms with van der Waals surface area (Å²) in [5, 5.41) is 10.5. The van der Waals surface area contributed by atoms with E-state index in [1.54, 1.807) is 0 Å². The molecule has 0 aliphatic heterocycles. The van der Waals surface area contributed by atoms with Crippen molar-refractivity contribution in [3.8, 4) is 0 Å². The number of nitro groups is 1. The molecule has 0 N–H and O–H groups in total. The zero-order valence-corrected chi connectivity index (χ0v) is 10.3. The number of hydrogen-bond donors (Lipinski definition) is 0. The van der Waals surface area contributed by atoms with E-state index in [0.29, 0.717) is 6.07 Å². The Balaban J connectivity index is 3.60. The van der Waals surface area contributed by atoms with Crippen LogP contribution in [0, 0.1) is 22.9 Å². The van der Waals surface area contributed by atoms with Crippen molar-refractivity contribution in [1.82, 2.24) is 4.31 Å². The van der Waals surface area contributed by atoms with Crippen molar-refractivity contribution in [2.45, 2.75) is 11.8 Å². The summed E-state index contributed by atoms with van der Waals surface area (Å²) in [6, 6.07) is 1.55. The summed E-state index contributed by atoms with van der Waals surface area (Å²) in [4.78, 5) is 9.31. The highest BCUT2D eigenvalue weighted by Gasteiger charge is 2.25. The summed E-state index contributed by atoms with van der Waals surface area (Å²) in [7, 11) is -1.36.